The lowest BCUT2D eigenvalue weighted by Crippen LogP contribution is -2.30. The van der Waals surface area contributed by atoms with Crippen molar-refractivity contribution >= 4 is 16.9 Å². The number of likely N-dealkylation sites (tertiary alicyclic amines) is 1. The molecule has 5 heteroatoms. The van der Waals surface area contributed by atoms with Gasteiger partial charge in [0.25, 0.3) is 5.91 Å². The van der Waals surface area contributed by atoms with Gasteiger partial charge in [-0.25, -0.2) is 4.98 Å². The van der Waals surface area contributed by atoms with Crippen molar-refractivity contribution in [3.63, 3.8) is 0 Å². The topological polar surface area (TPSA) is 55.6 Å². The molecule has 0 saturated carbocycles. The summed E-state index contributed by atoms with van der Waals surface area (Å²) in [5.74, 6) is 0.883. The van der Waals surface area contributed by atoms with E-state index in [-0.39, 0.29) is 12.0 Å². The van der Waals surface area contributed by atoms with Crippen LogP contribution in [-0.2, 0) is 0 Å². The molecule has 4 rings (SSSR count). The molecule has 1 fully saturated rings. The summed E-state index contributed by atoms with van der Waals surface area (Å²) in [5.41, 5.74) is 0.733. The van der Waals surface area contributed by atoms with Gasteiger partial charge in [-0.05, 0) is 18.2 Å². The number of fused-ring (bicyclic) bond motifs is 1. The maximum atomic E-state index is 12.6. The second kappa shape index (κ2) is 5.76. The van der Waals surface area contributed by atoms with Crippen LogP contribution in [0.4, 0.5) is 0 Å². The van der Waals surface area contributed by atoms with Crippen LogP contribution in [0.5, 0.6) is 5.88 Å². The van der Waals surface area contributed by atoms with Crippen LogP contribution in [0.2, 0.25) is 0 Å². The van der Waals surface area contributed by atoms with Gasteiger partial charge in [-0.15, -0.1) is 0 Å². The summed E-state index contributed by atoms with van der Waals surface area (Å²) in [7, 11) is 0. The highest BCUT2D eigenvalue weighted by Crippen LogP contribution is 2.23. The molecule has 1 unspecified atom stereocenters. The molecule has 1 aliphatic heterocycles. The molecule has 1 aliphatic rings. The summed E-state index contributed by atoms with van der Waals surface area (Å²) < 4.78 is 11.5. The number of hydrogen-bond acceptors (Lipinski definition) is 4. The van der Waals surface area contributed by atoms with Crippen molar-refractivity contribution in [3.8, 4) is 5.88 Å². The Labute approximate surface area is 133 Å². The summed E-state index contributed by atoms with van der Waals surface area (Å²) >= 11 is 0. The van der Waals surface area contributed by atoms with E-state index in [1.54, 1.807) is 17.2 Å². The second-order valence-corrected chi connectivity index (χ2v) is 5.60. The van der Waals surface area contributed by atoms with E-state index in [1.165, 1.54) is 0 Å². The Morgan fingerprint density at radius 2 is 2.09 bits per heavy atom. The highest BCUT2D eigenvalue weighted by atomic mass is 16.5. The van der Waals surface area contributed by atoms with E-state index in [1.807, 2.05) is 42.5 Å². The number of para-hydroxylation sites is 1. The molecule has 0 N–H and O–H groups in total. The van der Waals surface area contributed by atoms with Crippen molar-refractivity contribution in [1.82, 2.24) is 9.88 Å². The van der Waals surface area contributed by atoms with E-state index in [0.29, 0.717) is 24.7 Å². The normalized spacial score (nSPS) is 17.6. The molecule has 1 atom stereocenters. The van der Waals surface area contributed by atoms with E-state index in [0.717, 1.165) is 17.4 Å². The summed E-state index contributed by atoms with van der Waals surface area (Å²) in [6, 6.07) is 15.0. The van der Waals surface area contributed by atoms with Crippen LogP contribution >= 0.6 is 0 Å². The van der Waals surface area contributed by atoms with Crippen LogP contribution < -0.4 is 4.74 Å². The first-order chi connectivity index (χ1) is 11.3. The van der Waals surface area contributed by atoms with Gasteiger partial charge in [0.05, 0.1) is 6.54 Å². The summed E-state index contributed by atoms with van der Waals surface area (Å²) in [4.78, 5) is 18.5. The summed E-state index contributed by atoms with van der Waals surface area (Å²) in [6.45, 7) is 1.21. The van der Waals surface area contributed by atoms with Crippen LogP contribution in [0.3, 0.4) is 0 Å². The zero-order chi connectivity index (χ0) is 15.6. The van der Waals surface area contributed by atoms with Crippen LogP contribution in [0.25, 0.3) is 11.0 Å². The number of furan rings is 1. The Morgan fingerprint density at radius 1 is 1.22 bits per heavy atom. The molecule has 3 aromatic rings. The summed E-state index contributed by atoms with van der Waals surface area (Å²) in [5, 5.41) is 0.941. The number of pyridine rings is 1. The largest absolute Gasteiger partial charge is 0.472 e. The average molecular weight is 308 g/mol. The molecule has 0 radical (unpaired) electrons. The molecule has 23 heavy (non-hydrogen) atoms. The number of hydrogen-bond donors (Lipinski definition) is 0. The van der Waals surface area contributed by atoms with Crippen LogP contribution in [-0.4, -0.2) is 35.0 Å². The van der Waals surface area contributed by atoms with Crippen LogP contribution in [0, 0.1) is 0 Å². The van der Waals surface area contributed by atoms with Gasteiger partial charge in [0.2, 0.25) is 5.88 Å². The number of carbonyl (C=O) groups is 1. The minimum Gasteiger partial charge on any atom is -0.472 e. The first kappa shape index (κ1) is 13.8. The number of nitrogens with zero attached hydrogens (tertiary/aromatic N) is 2. The molecule has 0 spiro atoms. The highest BCUT2D eigenvalue weighted by Gasteiger charge is 2.30. The van der Waals surface area contributed by atoms with Crippen molar-refractivity contribution in [2.45, 2.75) is 12.5 Å². The first-order valence-electron chi connectivity index (χ1n) is 7.65. The van der Waals surface area contributed by atoms with Gasteiger partial charge < -0.3 is 14.1 Å². The fourth-order valence-electron chi connectivity index (χ4n) is 2.84. The van der Waals surface area contributed by atoms with Crippen molar-refractivity contribution in [1.29, 1.82) is 0 Å². The Morgan fingerprint density at radius 3 is 2.91 bits per heavy atom. The van der Waals surface area contributed by atoms with Gasteiger partial charge in [-0.1, -0.05) is 24.3 Å². The molecule has 116 valence electrons. The number of amides is 1. The van der Waals surface area contributed by atoms with Crippen LogP contribution in [0.15, 0.2) is 59.1 Å². The lowest BCUT2D eigenvalue weighted by Gasteiger charge is -2.15. The van der Waals surface area contributed by atoms with Crippen molar-refractivity contribution < 1.29 is 13.9 Å². The maximum Gasteiger partial charge on any atom is 0.289 e. The van der Waals surface area contributed by atoms with E-state index in [2.05, 4.69) is 4.98 Å². The van der Waals surface area contributed by atoms with Gasteiger partial charge in [0, 0.05) is 30.6 Å². The smallest absolute Gasteiger partial charge is 0.289 e. The Hall–Kier alpha value is -2.82. The monoisotopic (exact) mass is 308 g/mol. The zero-order valence-corrected chi connectivity index (χ0v) is 12.5. The average Bonchev–Trinajstić information content (AvgIpc) is 3.21. The van der Waals surface area contributed by atoms with Gasteiger partial charge >= 0.3 is 0 Å². The second-order valence-electron chi connectivity index (χ2n) is 5.60. The maximum absolute atomic E-state index is 12.6. The van der Waals surface area contributed by atoms with Crippen molar-refractivity contribution in [2.75, 3.05) is 13.1 Å². The Bertz CT molecular complexity index is 795. The molecular formula is C18H16N2O3. The van der Waals surface area contributed by atoms with E-state index in [9.17, 15) is 4.79 Å². The molecular weight excluding hydrogens is 292 g/mol. The number of carbonyl (C=O) groups excluding carboxylic acids is 1. The lowest BCUT2D eigenvalue weighted by molar-refractivity contribution is 0.0742. The Kier molecular flexibility index (Phi) is 3.46. The first-order valence-corrected chi connectivity index (χ1v) is 7.65. The van der Waals surface area contributed by atoms with E-state index >= 15 is 0 Å². The number of aromatic nitrogens is 1. The zero-order valence-electron chi connectivity index (χ0n) is 12.5. The fourth-order valence-corrected chi connectivity index (χ4v) is 2.84. The minimum absolute atomic E-state index is 0.0294. The number of rotatable bonds is 3. The van der Waals surface area contributed by atoms with Gasteiger partial charge in [0.1, 0.15) is 11.7 Å². The van der Waals surface area contributed by atoms with Crippen LogP contribution in [0.1, 0.15) is 17.0 Å². The predicted molar refractivity (Wildman–Crippen MR) is 85.4 cm³/mol. The molecule has 1 saturated heterocycles. The standard InChI is InChI=1S/C18H16N2O3/c21-18(16-11-13-5-1-2-6-15(13)23-16)20-10-8-14(12-20)22-17-7-3-4-9-19-17/h1-7,9,11,14H,8,10,12H2. The number of ether oxygens (including phenoxy) is 1. The van der Waals surface area contributed by atoms with E-state index in [4.69, 9.17) is 9.15 Å². The summed E-state index contributed by atoms with van der Waals surface area (Å²) in [6.07, 6.45) is 2.46. The molecule has 1 aromatic carbocycles. The third-order valence-electron chi connectivity index (χ3n) is 3.99. The van der Waals surface area contributed by atoms with Crippen molar-refractivity contribution in [3.05, 3.63) is 60.5 Å². The quantitative estimate of drug-likeness (QED) is 0.746. The third-order valence-corrected chi connectivity index (χ3v) is 3.99. The van der Waals surface area contributed by atoms with Gasteiger partial charge in [-0.2, -0.15) is 0 Å². The highest BCUT2D eigenvalue weighted by molar-refractivity contribution is 5.96. The Balaban J connectivity index is 1.45. The molecule has 0 bridgehead atoms. The SMILES string of the molecule is O=C(c1cc2ccccc2o1)N1CCC(Oc2ccccn2)C1. The van der Waals surface area contributed by atoms with Crippen molar-refractivity contribution in [2.24, 2.45) is 0 Å². The van der Waals surface area contributed by atoms with Gasteiger partial charge in [0.15, 0.2) is 5.76 Å². The molecule has 1 amide bonds. The van der Waals surface area contributed by atoms with E-state index < -0.39 is 0 Å². The fraction of sp³-hybridized carbons (Fsp3) is 0.222. The molecule has 5 nitrogen and oxygen atoms in total. The third kappa shape index (κ3) is 2.77. The van der Waals surface area contributed by atoms with Gasteiger partial charge in [-0.3, -0.25) is 4.79 Å². The molecule has 2 aromatic heterocycles. The molecule has 3 heterocycles. The lowest BCUT2D eigenvalue weighted by atomic mass is 10.2. The number of benzene rings is 1. The predicted octanol–water partition coefficient (Wildman–Crippen LogP) is 3.12. The molecule has 0 aliphatic carbocycles. The minimum atomic E-state index is -0.0895.